The number of aliphatic hydroxyl groups excluding tert-OH is 1. The predicted octanol–water partition coefficient (Wildman–Crippen LogP) is -6.56. The number of carbonyl (C=O) groups is 2. The molecule has 228 valence electrons. The average Bonchev–Trinajstić information content (AvgIpc) is 3.63. The molecule has 13 heteroatoms. The van der Waals surface area contributed by atoms with Gasteiger partial charge < -0.3 is 35.3 Å². The summed E-state index contributed by atoms with van der Waals surface area (Å²) in [6, 6.07) is 0. The Morgan fingerprint density at radius 2 is 1.55 bits per heavy atom. The summed E-state index contributed by atoms with van der Waals surface area (Å²) in [4.78, 5) is 38.2. The third-order valence-electron chi connectivity index (χ3n) is 8.87. The van der Waals surface area contributed by atoms with Crippen molar-refractivity contribution in [1.29, 1.82) is 0 Å². The van der Waals surface area contributed by atoms with Gasteiger partial charge in [0.25, 0.3) is 0 Å². The van der Waals surface area contributed by atoms with Crippen molar-refractivity contribution < 1.29 is 119 Å². The zero-order chi connectivity index (χ0) is 32.0. The molecule has 0 aliphatic carbocycles. The SMILES string of the molecule is C=CC1=C(C)C2=NC1=CC1=NC(=CC3=C(C)/C(=C(\[O-])O)C(=N3)C(CC(=O)[O-])=C3NC(=C2)[C@@H](C)[C@@H]3CCC(=O)[O-])C(CC)=C1C.[Na+].[Na+].[Na+]. The number of rotatable bonds is 7. The molecular weight excluding hydrogens is 629 g/mol. The van der Waals surface area contributed by atoms with Crippen molar-refractivity contribution in [3.8, 4) is 0 Å². The maximum absolute atomic E-state index is 12.6. The second-order valence-electron chi connectivity index (χ2n) is 11.4. The van der Waals surface area contributed by atoms with Crippen LogP contribution in [0.4, 0.5) is 0 Å². The van der Waals surface area contributed by atoms with Crippen molar-refractivity contribution in [3.63, 3.8) is 0 Å². The summed E-state index contributed by atoms with van der Waals surface area (Å²) < 4.78 is 0. The summed E-state index contributed by atoms with van der Waals surface area (Å²) in [5.41, 5.74) is 8.16. The largest absolute Gasteiger partial charge is 1.00 e. The number of carbonyl (C=O) groups excluding carboxylic acids is 2. The predicted molar refractivity (Wildman–Crippen MR) is 161 cm³/mol. The van der Waals surface area contributed by atoms with Gasteiger partial charge in [-0.2, -0.15) is 0 Å². The number of hydrogen-bond acceptors (Lipinski definition) is 10. The fourth-order valence-corrected chi connectivity index (χ4v) is 6.45. The van der Waals surface area contributed by atoms with Crippen molar-refractivity contribution in [2.75, 3.05) is 0 Å². The van der Waals surface area contributed by atoms with Crippen LogP contribution < -0.4 is 109 Å². The van der Waals surface area contributed by atoms with Gasteiger partial charge in [-0.05, 0) is 80.6 Å². The Kier molecular flexibility index (Phi) is 14.6. The Balaban J connectivity index is 0.00000256. The Bertz CT molecular complexity index is 1780. The minimum atomic E-state index is -1.43. The summed E-state index contributed by atoms with van der Waals surface area (Å²) in [6.07, 6.45) is 7.14. The topological polar surface area (TPSA) is 173 Å². The van der Waals surface area contributed by atoms with Crippen LogP contribution >= 0.6 is 0 Å². The molecule has 5 heterocycles. The van der Waals surface area contributed by atoms with Gasteiger partial charge in [0.1, 0.15) is 0 Å². The number of aliphatic hydroxyl groups is 1. The third-order valence-corrected chi connectivity index (χ3v) is 8.87. The van der Waals surface area contributed by atoms with E-state index < -0.39 is 30.2 Å². The van der Waals surface area contributed by atoms with Gasteiger partial charge in [-0.1, -0.05) is 26.5 Å². The smallest absolute Gasteiger partial charge is 0.629 e. The molecule has 0 aromatic heterocycles. The molecule has 0 saturated carbocycles. The van der Waals surface area contributed by atoms with Crippen LogP contribution in [0.15, 0.2) is 119 Å². The third kappa shape index (κ3) is 7.92. The molecule has 2 atom stereocenters. The number of nitrogens with one attached hydrogen (secondary N) is 1. The molecule has 0 unspecified atom stereocenters. The summed E-state index contributed by atoms with van der Waals surface area (Å²) in [5, 5.41) is 49.9. The number of aliphatic carboxylic acids is 2. The molecule has 5 aliphatic rings. The van der Waals surface area contributed by atoms with Crippen LogP contribution in [0.3, 0.4) is 0 Å². The van der Waals surface area contributed by atoms with Gasteiger partial charge in [-0.15, -0.1) is 0 Å². The number of hydrogen-bond donors (Lipinski definition) is 2. The summed E-state index contributed by atoms with van der Waals surface area (Å²) >= 11 is 0. The Labute approximate surface area is 341 Å². The van der Waals surface area contributed by atoms with Gasteiger partial charge >= 0.3 is 88.7 Å². The molecule has 5 rings (SSSR count). The van der Waals surface area contributed by atoms with Crippen molar-refractivity contribution in [2.24, 2.45) is 26.8 Å². The average molecular weight is 663 g/mol. The van der Waals surface area contributed by atoms with E-state index >= 15 is 0 Å². The minimum Gasteiger partial charge on any atom is -0.629 e. The Morgan fingerprint density at radius 1 is 0.915 bits per heavy atom. The molecule has 5 aliphatic heterocycles. The minimum absolute atomic E-state index is 0. The number of allylic oxidation sites excluding steroid dienone is 11. The van der Waals surface area contributed by atoms with Crippen LogP contribution in [0.2, 0.25) is 0 Å². The second-order valence-corrected chi connectivity index (χ2v) is 11.4. The first kappa shape index (κ1) is 41.2. The van der Waals surface area contributed by atoms with Crippen LogP contribution in [-0.4, -0.2) is 34.2 Å². The van der Waals surface area contributed by atoms with Gasteiger partial charge in [-0.3, -0.25) is 0 Å². The number of carboxylic acid groups (broad SMARTS) is 2. The molecule has 0 aromatic carbocycles. The number of aliphatic imine (C=N–C) groups is 3. The van der Waals surface area contributed by atoms with E-state index in [0.717, 1.165) is 28.0 Å². The van der Waals surface area contributed by atoms with E-state index in [1.54, 1.807) is 19.1 Å². The summed E-state index contributed by atoms with van der Waals surface area (Å²) in [7, 11) is 0. The van der Waals surface area contributed by atoms with E-state index in [2.05, 4.69) is 11.9 Å². The van der Waals surface area contributed by atoms with Gasteiger partial charge in [-0.25, -0.2) is 15.0 Å². The molecule has 0 aromatic rings. The maximum Gasteiger partial charge on any atom is 1.00 e. The van der Waals surface area contributed by atoms with Crippen LogP contribution in [0, 0.1) is 11.8 Å². The fourth-order valence-electron chi connectivity index (χ4n) is 6.45. The summed E-state index contributed by atoms with van der Waals surface area (Å²) in [5.74, 6) is -4.72. The van der Waals surface area contributed by atoms with Gasteiger partial charge in [0.05, 0.1) is 40.2 Å². The maximum atomic E-state index is 12.6. The molecule has 2 N–H and O–H groups in total. The monoisotopic (exact) mass is 662 g/mol. The van der Waals surface area contributed by atoms with Crippen molar-refractivity contribution in [1.82, 2.24) is 5.32 Å². The molecule has 0 spiro atoms. The van der Waals surface area contributed by atoms with Gasteiger partial charge in [0.15, 0.2) is 0 Å². The molecule has 0 radical (unpaired) electrons. The Morgan fingerprint density at radius 3 is 2.13 bits per heavy atom. The molecular formula is C34H33N4Na3O6. The van der Waals surface area contributed by atoms with E-state index in [1.165, 1.54) is 0 Å². The quantitative estimate of drug-likeness (QED) is 0.202. The first-order valence-electron chi connectivity index (χ1n) is 14.5. The first-order chi connectivity index (χ1) is 20.9. The van der Waals surface area contributed by atoms with Crippen LogP contribution in [0.25, 0.3) is 0 Å². The second kappa shape index (κ2) is 16.6. The summed E-state index contributed by atoms with van der Waals surface area (Å²) in [6.45, 7) is 13.5. The first-order valence-corrected chi connectivity index (χ1v) is 14.5. The standard InChI is InChI=1S/C34H36N4O6.3Na/c1-7-19-15(3)23-12-25-17(5)21(9-10-29(39)40)32(37-25)22(11-30(41)42)33-31(34(43)44)18(6)26(38-33)14-28-20(8-2)16(4)24(36-28)13-27(19)35-23;;;/h7,12-14,17,21,37,43-44H,1,8-11H2,2-6H3,(H,39,40)(H,41,42);;;/q;3*+1/p-3/t17-,21-;;;/m0.../s1. The van der Waals surface area contributed by atoms with Crippen molar-refractivity contribution in [2.45, 2.75) is 60.3 Å². The molecule has 1 fully saturated rings. The number of carboxylic acids is 2. The van der Waals surface area contributed by atoms with Gasteiger partial charge in [0.2, 0.25) is 0 Å². The normalized spacial score (nSPS) is 22.6. The van der Waals surface area contributed by atoms with Crippen LogP contribution in [0.1, 0.15) is 60.3 Å². The zero-order valence-electron chi connectivity index (χ0n) is 28.3. The molecule has 0 amide bonds. The van der Waals surface area contributed by atoms with E-state index in [-0.39, 0.29) is 124 Å². The van der Waals surface area contributed by atoms with E-state index in [1.807, 2.05) is 39.8 Å². The zero-order valence-corrected chi connectivity index (χ0v) is 34.3. The van der Waals surface area contributed by atoms with E-state index in [4.69, 9.17) is 15.0 Å². The van der Waals surface area contributed by atoms with Crippen molar-refractivity contribution >= 4 is 29.1 Å². The molecule has 10 nitrogen and oxygen atoms in total. The molecule has 47 heavy (non-hydrogen) atoms. The molecule has 8 bridgehead atoms. The Hall–Kier alpha value is -1.99. The fraction of sp³-hybridized carbons (Fsp3) is 0.324. The molecule has 1 saturated heterocycles. The van der Waals surface area contributed by atoms with E-state index in [9.17, 15) is 30.0 Å². The van der Waals surface area contributed by atoms with E-state index in [0.29, 0.717) is 46.2 Å². The van der Waals surface area contributed by atoms with Gasteiger partial charge in [0, 0.05) is 58.3 Å². The van der Waals surface area contributed by atoms with Crippen molar-refractivity contribution in [3.05, 3.63) is 104 Å². The number of fused-ring (bicyclic) bond motifs is 5. The van der Waals surface area contributed by atoms with Crippen LogP contribution in [-0.2, 0) is 9.59 Å². The number of nitrogens with zero attached hydrogens (tertiary/aromatic N) is 3. The van der Waals surface area contributed by atoms with Crippen LogP contribution in [0.5, 0.6) is 0 Å².